The second kappa shape index (κ2) is 6.57. The highest BCUT2D eigenvalue weighted by Crippen LogP contribution is 2.27. The van der Waals surface area contributed by atoms with Crippen LogP contribution >= 0.6 is 0 Å². The minimum Gasteiger partial charge on any atom is -0.435 e. The minimum atomic E-state index is -0.0191. The highest BCUT2D eigenvalue weighted by atomic mass is 16.4. The van der Waals surface area contributed by atoms with E-state index in [4.69, 9.17) is 4.42 Å². The minimum absolute atomic E-state index is 0.0191. The van der Waals surface area contributed by atoms with Crippen molar-refractivity contribution in [1.29, 1.82) is 0 Å². The van der Waals surface area contributed by atoms with Crippen molar-refractivity contribution < 1.29 is 9.21 Å². The molecule has 1 aliphatic carbocycles. The molecule has 0 saturated carbocycles. The molecule has 122 valence electrons. The normalized spacial score (nSPS) is 14.0. The smallest absolute Gasteiger partial charge is 0.291 e. The molecule has 1 amide bonds. The van der Waals surface area contributed by atoms with Gasteiger partial charge in [0.25, 0.3) is 5.91 Å². The van der Waals surface area contributed by atoms with E-state index >= 15 is 0 Å². The Morgan fingerprint density at radius 3 is 2.43 bits per heavy atom. The molecule has 0 unspecified atom stereocenters. The molecular weight excluding hydrogens is 288 g/mol. The van der Waals surface area contributed by atoms with Crippen molar-refractivity contribution in [1.82, 2.24) is 9.88 Å². The highest BCUT2D eigenvalue weighted by molar-refractivity contribution is 5.92. The number of aromatic nitrogens is 1. The van der Waals surface area contributed by atoms with Crippen molar-refractivity contribution in [2.75, 3.05) is 6.54 Å². The summed E-state index contributed by atoms with van der Waals surface area (Å²) in [4.78, 5) is 19.3. The van der Waals surface area contributed by atoms with Crippen LogP contribution in [0.4, 0.5) is 0 Å². The summed E-state index contributed by atoms with van der Waals surface area (Å²) in [6.45, 7) is 6.69. The molecule has 0 radical (unpaired) electrons. The molecule has 1 aromatic carbocycles. The van der Waals surface area contributed by atoms with Crippen molar-refractivity contribution in [3.05, 3.63) is 52.7 Å². The van der Waals surface area contributed by atoms with E-state index in [9.17, 15) is 4.79 Å². The molecule has 3 rings (SSSR count). The summed E-state index contributed by atoms with van der Waals surface area (Å²) in [6, 6.07) is 8.69. The quantitative estimate of drug-likeness (QED) is 0.848. The van der Waals surface area contributed by atoms with Crippen LogP contribution in [0.5, 0.6) is 0 Å². The molecule has 0 bridgehead atoms. The van der Waals surface area contributed by atoms with Crippen molar-refractivity contribution in [2.45, 2.75) is 52.5 Å². The topological polar surface area (TPSA) is 46.3 Å². The van der Waals surface area contributed by atoms with Crippen LogP contribution in [0.25, 0.3) is 0 Å². The Hall–Kier alpha value is -2.10. The molecule has 1 aromatic heterocycles. The molecule has 1 heterocycles. The molecule has 4 nitrogen and oxygen atoms in total. The molecule has 0 aliphatic heterocycles. The predicted octanol–water partition coefficient (Wildman–Crippen LogP) is 3.57. The number of benzene rings is 1. The molecule has 0 spiro atoms. The number of oxazole rings is 1. The van der Waals surface area contributed by atoms with Gasteiger partial charge < -0.3 is 9.32 Å². The number of aryl methyl sites for hydroxylation is 2. The molecule has 1 aliphatic rings. The molecule has 4 heteroatoms. The van der Waals surface area contributed by atoms with Crippen LogP contribution in [-0.2, 0) is 19.3 Å². The number of hydrogen-bond donors (Lipinski definition) is 0. The van der Waals surface area contributed by atoms with Gasteiger partial charge >= 0.3 is 0 Å². The zero-order chi connectivity index (χ0) is 16.4. The predicted molar refractivity (Wildman–Crippen MR) is 89.6 cm³/mol. The average Bonchev–Trinajstić information content (AvgIpc) is 3.14. The van der Waals surface area contributed by atoms with Crippen LogP contribution in [0.1, 0.15) is 53.5 Å². The van der Waals surface area contributed by atoms with E-state index in [-0.39, 0.29) is 11.9 Å². The molecule has 23 heavy (non-hydrogen) atoms. The summed E-state index contributed by atoms with van der Waals surface area (Å²) in [5.41, 5.74) is 3.41. The zero-order valence-corrected chi connectivity index (χ0v) is 14.1. The summed E-state index contributed by atoms with van der Waals surface area (Å²) in [6.07, 6.45) is 3.49. The van der Waals surface area contributed by atoms with Crippen LogP contribution in [0.3, 0.4) is 0 Å². The molecule has 2 aromatic rings. The number of carbonyl (C=O) groups excluding carboxylic acids is 1. The van der Waals surface area contributed by atoms with Gasteiger partial charge in [0.15, 0.2) is 5.89 Å². The fourth-order valence-electron chi connectivity index (χ4n) is 3.38. The third-order valence-corrected chi connectivity index (χ3v) is 4.53. The van der Waals surface area contributed by atoms with E-state index in [1.165, 1.54) is 11.1 Å². The van der Waals surface area contributed by atoms with Crippen LogP contribution in [0.2, 0.25) is 0 Å². The van der Waals surface area contributed by atoms with E-state index in [0.29, 0.717) is 23.8 Å². The molecular formula is C19H24N2O2. The Kier molecular flexibility index (Phi) is 4.51. The van der Waals surface area contributed by atoms with Gasteiger partial charge in [-0.2, -0.15) is 0 Å². The highest BCUT2D eigenvalue weighted by Gasteiger charge is 2.32. The second-order valence-electron chi connectivity index (χ2n) is 6.21. The number of hydrogen-bond acceptors (Lipinski definition) is 3. The lowest BCUT2D eigenvalue weighted by Gasteiger charge is -2.28. The summed E-state index contributed by atoms with van der Waals surface area (Å²) in [5, 5.41) is 0. The van der Waals surface area contributed by atoms with Gasteiger partial charge in [0.05, 0.1) is 5.69 Å². The Balaban J connectivity index is 1.84. The van der Waals surface area contributed by atoms with E-state index in [1.807, 2.05) is 18.7 Å². The Labute approximate surface area is 137 Å². The van der Waals surface area contributed by atoms with Gasteiger partial charge in [-0.3, -0.25) is 4.79 Å². The first-order valence-electron chi connectivity index (χ1n) is 8.48. The molecule has 0 atom stereocenters. The van der Waals surface area contributed by atoms with E-state index in [2.05, 4.69) is 36.2 Å². The van der Waals surface area contributed by atoms with Crippen LogP contribution in [-0.4, -0.2) is 28.4 Å². The van der Waals surface area contributed by atoms with Gasteiger partial charge in [0, 0.05) is 19.0 Å². The summed E-state index contributed by atoms with van der Waals surface area (Å²) < 4.78 is 5.69. The largest absolute Gasteiger partial charge is 0.435 e. The van der Waals surface area contributed by atoms with Crippen molar-refractivity contribution >= 4 is 5.91 Å². The summed E-state index contributed by atoms with van der Waals surface area (Å²) in [7, 11) is 0. The Bertz CT molecular complexity index is 680. The fraction of sp³-hybridized carbons (Fsp3) is 0.474. The van der Waals surface area contributed by atoms with Gasteiger partial charge in [-0.15, -0.1) is 0 Å². The lowest BCUT2D eigenvalue weighted by molar-refractivity contribution is 0.0649. The molecule has 0 fully saturated rings. The standard InChI is InChI=1S/C19H24N2O2/c1-4-10-21(16-11-14-8-6-7-9-15(14)12-16)19(22)18-13(3)20-17(5-2)23-18/h6-9,16H,4-5,10-12H2,1-3H3. The van der Waals surface area contributed by atoms with Crippen molar-refractivity contribution in [3.8, 4) is 0 Å². The van der Waals surface area contributed by atoms with Crippen molar-refractivity contribution in [3.63, 3.8) is 0 Å². The Morgan fingerprint density at radius 2 is 1.91 bits per heavy atom. The number of carbonyl (C=O) groups is 1. The monoisotopic (exact) mass is 312 g/mol. The van der Waals surface area contributed by atoms with Gasteiger partial charge in [0.2, 0.25) is 5.76 Å². The first-order chi connectivity index (χ1) is 11.1. The maximum absolute atomic E-state index is 13.0. The van der Waals surface area contributed by atoms with Crippen molar-refractivity contribution in [2.24, 2.45) is 0 Å². The van der Waals surface area contributed by atoms with Gasteiger partial charge in [0.1, 0.15) is 0 Å². The SMILES string of the molecule is CCCN(C(=O)c1oc(CC)nc1C)C1Cc2ccccc2C1. The van der Waals surface area contributed by atoms with E-state index < -0.39 is 0 Å². The number of nitrogens with zero attached hydrogens (tertiary/aromatic N) is 2. The third-order valence-electron chi connectivity index (χ3n) is 4.53. The van der Waals surface area contributed by atoms with Gasteiger partial charge in [-0.05, 0) is 37.3 Å². The average molecular weight is 312 g/mol. The Morgan fingerprint density at radius 1 is 1.26 bits per heavy atom. The summed E-state index contributed by atoms with van der Waals surface area (Å²) >= 11 is 0. The maximum atomic E-state index is 13.0. The van der Waals surface area contributed by atoms with Gasteiger partial charge in [-0.25, -0.2) is 4.98 Å². The molecule has 0 N–H and O–H groups in total. The lowest BCUT2D eigenvalue weighted by Crippen LogP contribution is -2.41. The maximum Gasteiger partial charge on any atom is 0.291 e. The third kappa shape index (κ3) is 3.03. The number of rotatable bonds is 5. The summed E-state index contributed by atoms with van der Waals surface area (Å²) in [5.74, 6) is 1.03. The van der Waals surface area contributed by atoms with Crippen LogP contribution in [0.15, 0.2) is 28.7 Å². The number of fused-ring (bicyclic) bond motifs is 1. The number of amides is 1. The first kappa shape index (κ1) is 15.8. The fourth-order valence-corrected chi connectivity index (χ4v) is 3.38. The first-order valence-corrected chi connectivity index (χ1v) is 8.48. The van der Waals surface area contributed by atoms with E-state index in [0.717, 1.165) is 25.8 Å². The zero-order valence-electron chi connectivity index (χ0n) is 14.1. The van der Waals surface area contributed by atoms with Crippen LogP contribution < -0.4 is 0 Å². The second-order valence-corrected chi connectivity index (χ2v) is 6.21. The van der Waals surface area contributed by atoms with E-state index in [1.54, 1.807) is 0 Å². The van der Waals surface area contributed by atoms with Gasteiger partial charge in [-0.1, -0.05) is 38.1 Å². The molecule has 0 saturated heterocycles. The lowest BCUT2D eigenvalue weighted by atomic mass is 10.1. The van der Waals surface area contributed by atoms with Crippen LogP contribution in [0, 0.1) is 6.92 Å².